The number of aliphatic carboxylic acids is 1. The summed E-state index contributed by atoms with van der Waals surface area (Å²) in [6.07, 6.45) is 5.03. The Labute approximate surface area is 108 Å². The third kappa shape index (κ3) is 3.47. The topological polar surface area (TPSA) is 57.6 Å². The Bertz CT molecular complexity index is 525. The number of carbonyl (C=O) groups excluding carboxylic acids is 1. The lowest BCUT2D eigenvalue weighted by molar-refractivity contribution is -0.137. The van der Waals surface area contributed by atoms with E-state index in [1.165, 1.54) is 12.1 Å². The van der Waals surface area contributed by atoms with Crippen LogP contribution in [0.15, 0.2) is 18.2 Å². The molecule has 0 spiro atoms. The number of carboxylic acids is 1. The van der Waals surface area contributed by atoms with Crippen molar-refractivity contribution in [2.24, 2.45) is 0 Å². The third-order valence-corrected chi connectivity index (χ3v) is 2.29. The molecule has 1 rings (SSSR count). The number of nitrogens with zero attached hydrogens (tertiary/aromatic N) is 1. The molecule has 6 heteroatoms. The van der Waals surface area contributed by atoms with Gasteiger partial charge in [-0.25, -0.2) is 4.39 Å². The van der Waals surface area contributed by atoms with Crippen LogP contribution < -0.4 is 0 Å². The van der Waals surface area contributed by atoms with Crippen LogP contribution in [-0.2, 0) is 4.79 Å². The molecule has 1 N–H and O–H groups in total. The van der Waals surface area contributed by atoms with Crippen molar-refractivity contribution in [2.45, 2.75) is 0 Å². The van der Waals surface area contributed by atoms with Gasteiger partial charge in [0.05, 0.1) is 12.1 Å². The number of hydrogen-bond donors (Lipinski definition) is 1. The number of halogens is 2. The van der Waals surface area contributed by atoms with E-state index >= 15 is 0 Å². The fourth-order valence-corrected chi connectivity index (χ4v) is 1.47. The summed E-state index contributed by atoms with van der Waals surface area (Å²) in [6.45, 7) is -0.807. The van der Waals surface area contributed by atoms with Crippen molar-refractivity contribution in [3.05, 3.63) is 34.6 Å². The van der Waals surface area contributed by atoms with Gasteiger partial charge in [-0.2, -0.15) is 0 Å². The van der Waals surface area contributed by atoms with Crippen molar-refractivity contribution in [3.8, 4) is 12.3 Å². The molecule has 0 bridgehead atoms. The Morgan fingerprint density at radius 2 is 2.17 bits per heavy atom. The van der Waals surface area contributed by atoms with Gasteiger partial charge in [-0.05, 0) is 18.2 Å². The number of hydrogen-bond acceptors (Lipinski definition) is 2. The second-order valence-corrected chi connectivity index (χ2v) is 3.82. The molecule has 0 aliphatic carbocycles. The standard InChI is InChI=1S/C12H9ClFNO3/c1-2-5-15(7-11(16)17)12(18)9-4-3-8(13)6-10(9)14/h1,3-4,6H,5,7H2,(H,16,17). The monoisotopic (exact) mass is 269 g/mol. The summed E-state index contributed by atoms with van der Waals surface area (Å²) >= 11 is 5.56. The SMILES string of the molecule is C#CCN(CC(=O)O)C(=O)c1ccc(Cl)cc1F. The average Bonchev–Trinajstić information content (AvgIpc) is 2.27. The first kappa shape index (κ1) is 14.0. The van der Waals surface area contributed by atoms with Crippen LogP contribution >= 0.6 is 11.6 Å². The summed E-state index contributed by atoms with van der Waals surface area (Å²) < 4.78 is 13.5. The molecule has 1 aromatic carbocycles. The van der Waals surface area contributed by atoms with Crippen LogP contribution in [0.2, 0.25) is 5.02 Å². The second-order valence-electron chi connectivity index (χ2n) is 3.38. The number of carboxylic acid groups (broad SMARTS) is 1. The number of carbonyl (C=O) groups is 2. The van der Waals surface area contributed by atoms with E-state index in [2.05, 4.69) is 5.92 Å². The number of amides is 1. The molecule has 94 valence electrons. The quantitative estimate of drug-likeness (QED) is 0.846. The Balaban J connectivity index is 3.02. The first-order valence-electron chi connectivity index (χ1n) is 4.85. The summed E-state index contributed by atoms with van der Waals surface area (Å²) in [4.78, 5) is 23.3. The Morgan fingerprint density at radius 3 is 2.67 bits per heavy atom. The van der Waals surface area contributed by atoms with Crippen LogP contribution in [0.4, 0.5) is 4.39 Å². The van der Waals surface area contributed by atoms with E-state index in [0.717, 1.165) is 11.0 Å². The van der Waals surface area contributed by atoms with Gasteiger partial charge < -0.3 is 10.0 Å². The van der Waals surface area contributed by atoms with E-state index < -0.39 is 24.2 Å². The lowest BCUT2D eigenvalue weighted by Gasteiger charge is -2.18. The molecule has 0 aliphatic rings. The maximum atomic E-state index is 13.5. The third-order valence-electron chi connectivity index (χ3n) is 2.06. The van der Waals surface area contributed by atoms with Gasteiger partial charge in [0.2, 0.25) is 0 Å². The van der Waals surface area contributed by atoms with Gasteiger partial charge in [-0.1, -0.05) is 17.5 Å². The van der Waals surface area contributed by atoms with Crippen molar-refractivity contribution < 1.29 is 19.1 Å². The summed E-state index contributed by atoms with van der Waals surface area (Å²) in [6, 6.07) is 3.50. The number of benzene rings is 1. The van der Waals surface area contributed by atoms with E-state index in [4.69, 9.17) is 23.1 Å². The van der Waals surface area contributed by atoms with Crippen molar-refractivity contribution in [1.29, 1.82) is 0 Å². The fourth-order valence-electron chi connectivity index (χ4n) is 1.31. The molecule has 0 saturated heterocycles. The fraction of sp³-hybridized carbons (Fsp3) is 0.167. The normalized spacial score (nSPS) is 9.61. The minimum atomic E-state index is -1.23. The van der Waals surface area contributed by atoms with Crippen LogP contribution in [0.5, 0.6) is 0 Å². The van der Waals surface area contributed by atoms with E-state index in [-0.39, 0.29) is 17.1 Å². The Morgan fingerprint density at radius 1 is 1.50 bits per heavy atom. The zero-order chi connectivity index (χ0) is 13.7. The van der Waals surface area contributed by atoms with Crippen LogP contribution in [0.3, 0.4) is 0 Å². The molecule has 0 aromatic heterocycles. The van der Waals surface area contributed by atoms with E-state index in [1.54, 1.807) is 0 Å². The highest BCUT2D eigenvalue weighted by Crippen LogP contribution is 2.16. The predicted molar refractivity (Wildman–Crippen MR) is 63.8 cm³/mol. The molecule has 0 atom stereocenters. The van der Waals surface area contributed by atoms with Crippen LogP contribution in [0.1, 0.15) is 10.4 Å². The first-order chi connectivity index (χ1) is 8.45. The lowest BCUT2D eigenvalue weighted by atomic mass is 10.2. The maximum Gasteiger partial charge on any atom is 0.323 e. The van der Waals surface area contributed by atoms with Gasteiger partial charge in [0.25, 0.3) is 5.91 Å². The lowest BCUT2D eigenvalue weighted by Crippen LogP contribution is -2.36. The van der Waals surface area contributed by atoms with Gasteiger partial charge in [0, 0.05) is 5.02 Å². The summed E-state index contributed by atoms with van der Waals surface area (Å²) in [7, 11) is 0. The van der Waals surface area contributed by atoms with E-state index in [0.29, 0.717) is 0 Å². The van der Waals surface area contributed by atoms with Gasteiger partial charge in [-0.15, -0.1) is 6.42 Å². The van der Waals surface area contributed by atoms with Gasteiger partial charge in [-0.3, -0.25) is 9.59 Å². The zero-order valence-corrected chi connectivity index (χ0v) is 9.95. The molecule has 0 unspecified atom stereocenters. The number of terminal acetylenes is 1. The van der Waals surface area contributed by atoms with Crippen molar-refractivity contribution >= 4 is 23.5 Å². The largest absolute Gasteiger partial charge is 0.480 e. The molecule has 1 amide bonds. The summed E-state index contributed by atoms with van der Waals surface area (Å²) in [5, 5.41) is 8.79. The highest BCUT2D eigenvalue weighted by atomic mass is 35.5. The summed E-state index contributed by atoms with van der Waals surface area (Å²) in [5.41, 5.74) is -0.268. The van der Waals surface area contributed by atoms with Crippen LogP contribution in [-0.4, -0.2) is 35.0 Å². The smallest absolute Gasteiger partial charge is 0.323 e. The molecule has 0 radical (unpaired) electrons. The highest BCUT2D eigenvalue weighted by molar-refractivity contribution is 6.30. The van der Waals surface area contributed by atoms with Crippen LogP contribution in [0.25, 0.3) is 0 Å². The molecule has 0 saturated carbocycles. The van der Waals surface area contributed by atoms with E-state index in [9.17, 15) is 14.0 Å². The first-order valence-corrected chi connectivity index (χ1v) is 5.23. The zero-order valence-electron chi connectivity index (χ0n) is 9.19. The molecule has 18 heavy (non-hydrogen) atoms. The van der Waals surface area contributed by atoms with Gasteiger partial charge in [0.15, 0.2) is 0 Å². The van der Waals surface area contributed by atoms with Crippen molar-refractivity contribution in [1.82, 2.24) is 4.90 Å². The Hall–Kier alpha value is -2.06. The molecular formula is C12H9ClFNO3. The second kappa shape index (κ2) is 6.03. The minimum Gasteiger partial charge on any atom is -0.480 e. The summed E-state index contributed by atoms with van der Waals surface area (Å²) in [5.74, 6) is -0.688. The van der Waals surface area contributed by atoms with Gasteiger partial charge in [0.1, 0.15) is 12.4 Å². The predicted octanol–water partition coefficient (Wildman–Crippen LogP) is 1.64. The average molecular weight is 270 g/mol. The van der Waals surface area contributed by atoms with Crippen molar-refractivity contribution in [2.75, 3.05) is 13.1 Å². The molecular weight excluding hydrogens is 261 g/mol. The molecule has 0 heterocycles. The number of rotatable bonds is 4. The van der Waals surface area contributed by atoms with E-state index in [1.807, 2.05) is 0 Å². The highest BCUT2D eigenvalue weighted by Gasteiger charge is 2.20. The maximum absolute atomic E-state index is 13.5. The minimum absolute atomic E-state index is 0.144. The Kier molecular flexibility index (Phi) is 4.69. The van der Waals surface area contributed by atoms with Crippen LogP contribution in [0, 0.1) is 18.2 Å². The molecule has 0 aliphatic heterocycles. The van der Waals surface area contributed by atoms with Gasteiger partial charge >= 0.3 is 5.97 Å². The molecule has 0 fully saturated rings. The van der Waals surface area contributed by atoms with Crippen molar-refractivity contribution in [3.63, 3.8) is 0 Å². The molecule has 1 aromatic rings. The molecule has 4 nitrogen and oxygen atoms in total.